The number of rotatable bonds is 2. The molecule has 0 saturated heterocycles. The lowest BCUT2D eigenvalue weighted by atomic mass is 9.81. The first-order valence-corrected chi connectivity index (χ1v) is 5.27. The highest BCUT2D eigenvalue weighted by Crippen LogP contribution is 2.31. The van der Waals surface area contributed by atoms with Crippen molar-refractivity contribution in [2.75, 3.05) is 0 Å². The van der Waals surface area contributed by atoms with E-state index in [-0.39, 0.29) is 0 Å². The predicted octanol–water partition coefficient (Wildman–Crippen LogP) is 3.40. The van der Waals surface area contributed by atoms with E-state index >= 15 is 0 Å². The molecule has 0 bridgehead atoms. The fraction of sp³-hybridized carbons (Fsp3) is 0.600. The van der Waals surface area contributed by atoms with Gasteiger partial charge in [-0.1, -0.05) is 19.3 Å². The molecule has 1 aromatic rings. The summed E-state index contributed by atoms with van der Waals surface area (Å²) in [5.74, 6) is 1.02. The van der Waals surface area contributed by atoms with Crippen LogP contribution in [0.3, 0.4) is 0 Å². The van der Waals surface area contributed by atoms with E-state index < -0.39 is 0 Å². The van der Waals surface area contributed by atoms with Crippen LogP contribution in [-0.2, 0) is 6.42 Å². The minimum Gasteiger partial charge on any atom is -0.149 e. The van der Waals surface area contributed by atoms with Crippen LogP contribution < -0.4 is 0 Å². The first kappa shape index (κ1) is 7.35. The summed E-state index contributed by atoms with van der Waals surface area (Å²) in [5.41, 5.74) is 1.60. The van der Waals surface area contributed by atoms with Gasteiger partial charge >= 0.3 is 0 Å². The van der Waals surface area contributed by atoms with Crippen LogP contribution in [0.2, 0.25) is 0 Å². The van der Waals surface area contributed by atoms with Gasteiger partial charge in [0, 0.05) is 4.88 Å². The summed E-state index contributed by atoms with van der Waals surface area (Å²) >= 11 is 1.88. The normalized spacial score (nSPS) is 18.3. The Labute approximate surface area is 72.3 Å². The largest absolute Gasteiger partial charge is 0.149 e. The standard InChI is InChI=1S/C10H14S/c1-8-10(5-6-11-8)7-9-3-2-4-9/h5-6,9H,2-4,7H2,1H3. The average molecular weight is 166 g/mol. The predicted molar refractivity (Wildman–Crippen MR) is 50.1 cm³/mol. The zero-order valence-electron chi connectivity index (χ0n) is 6.97. The summed E-state index contributed by atoms with van der Waals surface area (Å²) in [7, 11) is 0. The molecule has 1 saturated carbocycles. The highest BCUT2D eigenvalue weighted by molar-refractivity contribution is 7.10. The molecule has 0 aromatic carbocycles. The number of hydrogen-bond donors (Lipinski definition) is 0. The summed E-state index contributed by atoms with van der Waals surface area (Å²) in [6.07, 6.45) is 5.74. The van der Waals surface area contributed by atoms with Gasteiger partial charge in [-0.2, -0.15) is 0 Å². The van der Waals surface area contributed by atoms with E-state index in [1.54, 1.807) is 5.56 Å². The van der Waals surface area contributed by atoms with Crippen LogP contribution in [0.4, 0.5) is 0 Å². The highest BCUT2D eigenvalue weighted by Gasteiger charge is 2.18. The van der Waals surface area contributed by atoms with Gasteiger partial charge in [0.15, 0.2) is 0 Å². The fourth-order valence-corrected chi connectivity index (χ4v) is 2.37. The number of aryl methyl sites for hydroxylation is 1. The summed E-state index contributed by atoms with van der Waals surface area (Å²) in [5, 5.41) is 2.21. The van der Waals surface area contributed by atoms with Gasteiger partial charge in [0.1, 0.15) is 0 Å². The molecule has 1 heteroatoms. The summed E-state index contributed by atoms with van der Waals surface area (Å²) in [6, 6.07) is 2.29. The molecule has 1 aromatic heterocycles. The monoisotopic (exact) mass is 166 g/mol. The summed E-state index contributed by atoms with van der Waals surface area (Å²) < 4.78 is 0. The van der Waals surface area contributed by atoms with Gasteiger partial charge in [0.25, 0.3) is 0 Å². The van der Waals surface area contributed by atoms with E-state index in [1.165, 1.54) is 30.6 Å². The Bertz CT molecular complexity index is 233. The lowest BCUT2D eigenvalue weighted by molar-refractivity contribution is 0.314. The molecule has 11 heavy (non-hydrogen) atoms. The molecule has 1 fully saturated rings. The Morgan fingerprint density at radius 1 is 1.55 bits per heavy atom. The van der Waals surface area contributed by atoms with E-state index in [9.17, 15) is 0 Å². The molecule has 0 atom stereocenters. The van der Waals surface area contributed by atoms with Gasteiger partial charge in [0.2, 0.25) is 0 Å². The van der Waals surface area contributed by atoms with Gasteiger partial charge in [-0.25, -0.2) is 0 Å². The van der Waals surface area contributed by atoms with E-state index in [0.29, 0.717) is 0 Å². The fourth-order valence-electron chi connectivity index (χ4n) is 1.63. The van der Waals surface area contributed by atoms with Crippen LogP contribution in [0.25, 0.3) is 0 Å². The summed E-state index contributed by atoms with van der Waals surface area (Å²) in [6.45, 7) is 2.23. The van der Waals surface area contributed by atoms with E-state index in [0.717, 1.165) is 5.92 Å². The van der Waals surface area contributed by atoms with Gasteiger partial charge in [-0.3, -0.25) is 0 Å². The van der Waals surface area contributed by atoms with Gasteiger partial charge < -0.3 is 0 Å². The van der Waals surface area contributed by atoms with Crippen LogP contribution in [0.15, 0.2) is 11.4 Å². The maximum atomic E-state index is 2.29. The zero-order chi connectivity index (χ0) is 7.68. The second-order valence-corrected chi connectivity index (χ2v) is 4.62. The van der Waals surface area contributed by atoms with Crippen molar-refractivity contribution < 1.29 is 0 Å². The van der Waals surface area contributed by atoms with Crippen molar-refractivity contribution in [2.24, 2.45) is 5.92 Å². The molecule has 0 amide bonds. The Kier molecular flexibility index (Phi) is 1.99. The van der Waals surface area contributed by atoms with Crippen molar-refractivity contribution in [1.29, 1.82) is 0 Å². The maximum Gasteiger partial charge on any atom is 0.00462 e. The SMILES string of the molecule is Cc1sccc1CC1CCC1. The van der Waals surface area contributed by atoms with E-state index in [2.05, 4.69) is 18.4 Å². The van der Waals surface area contributed by atoms with Gasteiger partial charge in [0.05, 0.1) is 0 Å². The molecule has 0 nitrogen and oxygen atoms in total. The molecular formula is C10H14S. The first-order valence-electron chi connectivity index (χ1n) is 4.39. The van der Waals surface area contributed by atoms with Crippen molar-refractivity contribution in [1.82, 2.24) is 0 Å². The van der Waals surface area contributed by atoms with Gasteiger partial charge in [-0.05, 0) is 36.3 Å². The van der Waals surface area contributed by atoms with Crippen LogP contribution >= 0.6 is 11.3 Å². The molecule has 0 radical (unpaired) electrons. The van der Waals surface area contributed by atoms with Crippen molar-refractivity contribution in [2.45, 2.75) is 32.6 Å². The van der Waals surface area contributed by atoms with Crippen LogP contribution in [0.1, 0.15) is 29.7 Å². The number of hydrogen-bond acceptors (Lipinski definition) is 1. The van der Waals surface area contributed by atoms with Crippen molar-refractivity contribution in [3.05, 3.63) is 21.9 Å². The third-order valence-electron chi connectivity index (χ3n) is 2.70. The second kappa shape index (κ2) is 2.98. The third kappa shape index (κ3) is 1.48. The summed E-state index contributed by atoms with van der Waals surface area (Å²) in [4.78, 5) is 1.52. The molecule has 0 unspecified atom stereocenters. The number of thiophene rings is 1. The second-order valence-electron chi connectivity index (χ2n) is 3.50. The van der Waals surface area contributed by atoms with Gasteiger partial charge in [-0.15, -0.1) is 11.3 Å². The quantitative estimate of drug-likeness (QED) is 0.631. The Morgan fingerprint density at radius 2 is 2.36 bits per heavy atom. The Hall–Kier alpha value is -0.300. The molecule has 1 heterocycles. The lowest BCUT2D eigenvalue weighted by Crippen LogP contribution is -2.13. The van der Waals surface area contributed by atoms with E-state index in [1.807, 2.05) is 11.3 Å². The van der Waals surface area contributed by atoms with Crippen LogP contribution in [0, 0.1) is 12.8 Å². The molecule has 2 rings (SSSR count). The topological polar surface area (TPSA) is 0 Å². The zero-order valence-corrected chi connectivity index (χ0v) is 7.79. The van der Waals surface area contributed by atoms with Crippen molar-refractivity contribution >= 4 is 11.3 Å². The first-order chi connectivity index (χ1) is 5.36. The molecule has 1 aliphatic carbocycles. The van der Waals surface area contributed by atoms with E-state index in [4.69, 9.17) is 0 Å². The molecule has 60 valence electrons. The van der Waals surface area contributed by atoms with Crippen molar-refractivity contribution in [3.63, 3.8) is 0 Å². The average Bonchev–Trinajstić information content (AvgIpc) is 2.27. The Morgan fingerprint density at radius 3 is 2.82 bits per heavy atom. The minimum atomic E-state index is 1.02. The van der Waals surface area contributed by atoms with Crippen LogP contribution in [0.5, 0.6) is 0 Å². The molecule has 0 N–H and O–H groups in total. The Balaban J connectivity index is 1.99. The lowest BCUT2D eigenvalue weighted by Gasteiger charge is -2.25. The van der Waals surface area contributed by atoms with Crippen molar-refractivity contribution in [3.8, 4) is 0 Å². The van der Waals surface area contributed by atoms with Crippen LogP contribution in [-0.4, -0.2) is 0 Å². The molecular weight excluding hydrogens is 152 g/mol. The molecule has 0 aliphatic heterocycles. The maximum absolute atomic E-state index is 2.29. The highest BCUT2D eigenvalue weighted by atomic mass is 32.1. The molecule has 0 spiro atoms. The smallest absolute Gasteiger partial charge is 0.00462 e. The minimum absolute atomic E-state index is 1.02. The molecule has 1 aliphatic rings. The third-order valence-corrected chi connectivity index (χ3v) is 3.59.